The van der Waals surface area contributed by atoms with Gasteiger partial charge in [0.1, 0.15) is 5.75 Å². The minimum Gasteiger partial charge on any atom is -0.496 e. The lowest BCUT2D eigenvalue weighted by Gasteiger charge is -2.19. The highest BCUT2D eigenvalue weighted by molar-refractivity contribution is 5.74. The Morgan fingerprint density at radius 1 is 1.33 bits per heavy atom. The monoisotopic (exact) mass is 249 g/mol. The number of hydrogen-bond donors (Lipinski definition) is 1. The number of nitrogens with one attached hydrogen (secondary N) is 1. The van der Waals surface area contributed by atoms with Gasteiger partial charge >= 0.3 is 5.97 Å². The van der Waals surface area contributed by atoms with Gasteiger partial charge in [-0.2, -0.15) is 0 Å². The van der Waals surface area contributed by atoms with Crippen LogP contribution >= 0.6 is 0 Å². The van der Waals surface area contributed by atoms with Crippen molar-refractivity contribution in [1.29, 1.82) is 0 Å². The van der Waals surface area contributed by atoms with Gasteiger partial charge in [0.25, 0.3) is 0 Å². The number of ether oxygens (including phenoxy) is 2. The van der Waals surface area contributed by atoms with Crippen molar-refractivity contribution in [3.8, 4) is 5.75 Å². The third-order valence-corrected chi connectivity index (χ3v) is 3.51. The van der Waals surface area contributed by atoms with E-state index in [-0.39, 0.29) is 17.8 Å². The molecule has 0 saturated carbocycles. The third kappa shape index (κ3) is 2.34. The van der Waals surface area contributed by atoms with E-state index in [1.165, 1.54) is 7.11 Å². The highest BCUT2D eigenvalue weighted by Gasteiger charge is 2.36. The summed E-state index contributed by atoms with van der Waals surface area (Å²) in [4.78, 5) is 11.8. The molecule has 0 aliphatic carbocycles. The van der Waals surface area contributed by atoms with Gasteiger partial charge in [0.2, 0.25) is 0 Å². The molecule has 0 spiro atoms. The molecule has 1 aromatic carbocycles. The van der Waals surface area contributed by atoms with Gasteiger partial charge in [-0.25, -0.2) is 0 Å². The van der Waals surface area contributed by atoms with E-state index in [9.17, 15) is 4.79 Å². The molecule has 1 aliphatic rings. The predicted octanol–water partition coefficient (Wildman–Crippen LogP) is 1.48. The second kappa shape index (κ2) is 5.40. The quantitative estimate of drug-likeness (QED) is 0.824. The number of rotatable bonds is 3. The van der Waals surface area contributed by atoms with Crippen molar-refractivity contribution in [3.63, 3.8) is 0 Å². The molecular weight excluding hydrogens is 230 g/mol. The molecule has 1 aromatic rings. The number of aryl methyl sites for hydroxylation is 1. The summed E-state index contributed by atoms with van der Waals surface area (Å²) in [7, 11) is 3.10. The van der Waals surface area contributed by atoms with E-state index in [1.54, 1.807) is 7.11 Å². The van der Waals surface area contributed by atoms with Crippen molar-refractivity contribution in [3.05, 3.63) is 29.3 Å². The lowest BCUT2D eigenvalue weighted by Crippen LogP contribution is -2.23. The summed E-state index contributed by atoms with van der Waals surface area (Å²) in [5, 5.41) is 3.25. The number of carbonyl (C=O) groups is 1. The molecule has 2 unspecified atom stereocenters. The van der Waals surface area contributed by atoms with E-state index in [0.29, 0.717) is 6.54 Å². The fraction of sp³-hybridized carbons (Fsp3) is 0.500. The molecular formula is C14H19NO3. The average Bonchev–Trinajstić information content (AvgIpc) is 2.86. The van der Waals surface area contributed by atoms with Gasteiger partial charge in [-0.05, 0) is 24.1 Å². The highest BCUT2D eigenvalue weighted by atomic mass is 16.5. The van der Waals surface area contributed by atoms with Crippen LogP contribution in [0.4, 0.5) is 0 Å². The summed E-state index contributed by atoms with van der Waals surface area (Å²) in [6, 6.07) is 6.09. The van der Waals surface area contributed by atoms with Gasteiger partial charge in [0.05, 0.1) is 20.1 Å². The first-order valence-corrected chi connectivity index (χ1v) is 6.10. The smallest absolute Gasteiger partial charge is 0.310 e. The molecule has 1 N–H and O–H groups in total. The second-order valence-corrected chi connectivity index (χ2v) is 4.64. The van der Waals surface area contributed by atoms with E-state index in [1.807, 2.05) is 25.1 Å². The maximum atomic E-state index is 11.8. The maximum absolute atomic E-state index is 11.8. The summed E-state index contributed by atoms with van der Waals surface area (Å²) in [6.07, 6.45) is 0. The molecule has 1 heterocycles. The Balaban J connectivity index is 2.32. The van der Waals surface area contributed by atoms with Crippen LogP contribution in [0.15, 0.2) is 18.2 Å². The minimum absolute atomic E-state index is 0.119. The van der Waals surface area contributed by atoms with Crippen molar-refractivity contribution >= 4 is 5.97 Å². The van der Waals surface area contributed by atoms with Crippen molar-refractivity contribution in [1.82, 2.24) is 5.32 Å². The normalized spacial score (nSPS) is 22.8. The standard InChI is InChI=1S/C14H19NO3/c1-9-4-5-10(13(6-9)17-2)11-7-15-8-12(11)14(16)18-3/h4-6,11-12,15H,7-8H2,1-3H3. The van der Waals surface area contributed by atoms with Gasteiger partial charge in [-0.1, -0.05) is 12.1 Å². The fourth-order valence-corrected chi connectivity index (χ4v) is 2.53. The largest absolute Gasteiger partial charge is 0.496 e. The zero-order valence-corrected chi connectivity index (χ0v) is 11.0. The molecule has 4 nitrogen and oxygen atoms in total. The van der Waals surface area contributed by atoms with Crippen LogP contribution in [-0.2, 0) is 9.53 Å². The first-order valence-electron chi connectivity index (χ1n) is 6.10. The zero-order valence-electron chi connectivity index (χ0n) is 11.0. The number of methoxy groups -OCH3 is 2. The molecule has 0 aromatic heterocycles. The van der Waals surface area contributed by atoms with Crippen molar-refractivity contribution in [2.24, 2.45) is 5.92 Å². The molecule has 0 bridgehead atoms. The highest BCUT2D eigenvalue weighted by Crippen LogP contribution is 2.35. The van der Waals surface area contributed by atoms with E-state index in [0.717, 1.165) is 23.4 Å². The average molecular weight is 249 g/mol. The zero-order chi connectivity index (χ0) is 13.1. The van der Waals surface area contributed by atoms with E-state index in [4.69, 9.17) is 9.47 Å². The molecule has 0 amide bonds. The first kappa shape index (κ1) is 12.9. The molecule has 0 radical (unpaired) electrons. The van der Waals surface area contributed by atoms with Crippen LogP contribution in [-0.4, -0.2) is 33.3 Å². The third-order valence-electron chi connectivity index (χ3n) is 3.51. The Morgan fingerprint density at radius 2 is 2.11 bits per heavy atom. The minimum atomic E-state index is -0.160. The molecule has 1 fully saturated rings. The molecule has 1 aliphatic heterocycles. The number of carbonyl (C=O) groups excluding carboxylic acids is 1. The predicted molar refractivity (Wildman–Crippen MR) is 68.8 cm³/mol. The van der Waals surface area contributed by atoms with Crippen LogP contribution in [0.1, 0.15) is 17.0 Å². The Labute approximate surface area is 107 Å². The van der Waals surface area contributed by atoms with Crippen molar-refractivity contribution in [2.45, 2.75) is 12.8 Å². The first-order chi connectivity index (χ1) is 8.67. The Hall–Kier alpha value is -1.55. The van der Waals surface area contributed by atoms with E-state index in [2.05, 4.69) is 5.32 Å². The van der Waals surface area contributed by atoms with Gasteiger partial charge in [-0.15, -0.1) is 0 Å². The summed E-state index contributed by atoms with van der Waals surface area (Å²) in [5.74, 6) is 0.671. The molecule has 1 saturated heterocycles. The molecule has 98 valence electrons. The molecule has 2 rings (SSSR count). The van der Waals surface area contributed by atoms with E-state index >= 15 is 0 Å². The van der Waals surface area contributed by atoms with Crippen LogP contribution in [0.5, 0.6) is 5.75 Å². The van der Waals surface area contributed by atoms with Gasteiger partial charge in [-0.3, -0.25) is 4.79 Å². The molecule has 4 heteroatoms. The summed E-state index contributed by atoms with van der Waals surface area (Å²) in [5.41, 5.74) is 2.22. The van der Waals surface area contributed by atoms with Crippen LogP contribution in [0.2, 0.25) is 0 Å². The van der Waals surface area contributed by atoms with Crippen LogP contribution in [0.3, 0.4) is 0 Å². The second-order valence-electron chi connectivity index (χ2n) is 4.64. The number of benzene rings is 1. The molecule has 18 heavy (non-hydrogen) atoms. The number of esters is 1. The number of hydrogen-bond acceptors (Lipinski definition) is 4. The Morgan fingerprint density at radius 3 is 2.78 bits per heavy atom. The van der Waals surface area contributed by atoms with Crippen LogP contribution < -0.4 is 10.1 Å². The maximum Gasteiger partial charge on any atom is 0.310 e. The Bertz CT molecular complexity index is 445. The lowest BCUT2D eigenvalue weighted by molar-refractivity contribution is -0.145. The van der Waals surface area contributed by atoms with E-state index < -0.39 is 0 Å². The van der Waals surface area contributed by atoms with Gasteiger partial charge < -0.3 is 14.8 Å². The van der Waals surface area contributed by atoms with Crippen LogP contribution in [0, 0.1) is 12.8 Å². The SMILES string of the molecule is COC(=O)C1CNCC1c1ccc(C)cc1OC. The van der Waals surface area contributed by atoms with Crippen molar-refractivity contribution in [2.75, 3.05) is 27.3 Å². The summed E-state index contributed by atoms with van der Waals surface area (Å²) in [6.45, 7) is 3.46. The topological polar surface area (TPSA) is 47.6 Å². The summed E-state index contributed by atoms with van der Waals surface area (Å²) < 4.78 is 10.3. The summed E-state index contributed by atoms with van der Waals surface area (Å²) >= 11 is 0. The fourth-order valence-electron chi connectivity index (χ4n) is 2.53. The Kier molecular flexibility index (Phi) is 3.87. The lowest BCUT2D eigenvalue weighted by atomic mass is 9.88. The van der Waals surface area contributed by atoms with Crippen LogP contribution in [0.25, 0.3) is 0 Å². The van der Waals surface area contributed by atoms with Crippen molar-refractivity contribution < 1.29 is 14.3 Å². The van der Waals surface area contributed by atoms with Gasteiger partial charge in [0, 0.05) is 19.0 Å². The molecule has 2 atom stereocenters. The van der Waals surface area contributed by atoms with Gasteiger partial charge in [0.15, 0.2) is 0 Å².